The van der Waals surface area contributed by atoms with Crippen LogP contribution in [0.4, 0.5) is 0 Å². The van der Waals surface area contributed by atoms with E-state index in [-0.39, 0.29) is 5.91 Å². The zero-order chi connectivity index (χ0) is 13.9. The summed E-state index contributed by atoms with van der Waals surface area (Å²) in [6.45, 7) is 1.94. The Bertz CT molecular complexity index is 594. The minimum Gasteiger partial charge on any atom is -0.338 e. The molecule has 1 unspecified atom stereocenters. The smallest absolute Gasteiger partial charge is 0.223 e. The molecule has 3 rings (SSSR count). The molecular weight excluding hydrogens is 252 g/mol. The van der Waals surface area contributed by atoms with Crippen LogP contribution in [0.2, 0.25) is 0 Å². The summed E-state index contributed by atoms with van der Waals surface area (Å²) in [6.07, 6.45) is 4.23. The van der Waals surface area contributed by atoms with Crippen molar-refractivity contribution in [3.8, 4) is 5.69 Å². The van der Waals surface area contributed by atoms with Gasteiger partial charge in [0.25, 0.3) is 0 Å². The summed E-state index contributed by atoms with van der Waals surface area (Å²) in [5.74, 6) is 0.482. The van der Waals surface area contributed by atoms with E-state index in [0.717, 1.165) is 17.8 Å². The lowest BCUT2D eigenvalue weighted by Gasteiger charge is -2.18. The Morgan fingerprint density at radius 3 is 2.85 bits per heavy atom. The summed E-state index contributed by atoms with van der Waals surface area (Å²) >= 11 is 0. The Balaban J connectivity index is 1.83. The molecule has 1 saturated heterocycles. The van der Waals surface area contributed by atoms with E-state index in [9.17, 15) is 4.79 Å². The van der Waals surface area contributed by atoms with Crippen molar-refractivity contribution >= 4 is 5.91 Å². The minimum absolute atomic E-state index is 0.190. The number of nitrogens with zero attached hydrogens (tertiary/aromatic N) is 3. The van der Waals surface area contributed by atoms with Crippen LogP contribution in [0.25, 0.3) is 5.69 Å². The maximum absolute atomic E-state index is 12.0. The number of carbonyl (C=O) groups excluding carboxylic acids is 1. The Hall–Kier alpha value is -2.14. The topological polar surface area (TPSA) is 64.2 Å². The van der Waals surface area contributed by atoms with Gasteiger partial charge in [0.15, 0.2) is 0 Å². The van der Waals surface area contributed by atoms with Crippen LogP contribution >= 0.6 is 0 Å². The first kappa shape index (κ1) is 12.9. The second kappa shape index (κ2) is 5.46. The third-order valence-corrected chi connectivity index (χ3v) is 3.73. The largest absolute Gasteiger partial charge is 0.338 e. The highest BCUT2D eigenvalue weighted by Gasteiger charge is 2.28. The van der Waals surface area contributed by atoms with Crippen molar-refractivity contribution < 1.29 is 4.79 Å². The number of amides is 1. The van der Waals surface area contributed by atoms with E-state index in [1.807, 2.05) is 46.1 Å². The summed E-state index contributed by atoms with van der Waals surface area (Å²) in [5, 5.41) is 4.27. The zero-order valence-corrected chi connectivity index (χ0v) is 11.3. The molecule has 1 aliphatic heterocycles. The van der Waals surface area contributed by atoms with Crippen molar-refractivity contribution in [2.75, 3.05) is 13.1 Å². The van der Waals surface area contributed by atoms with E-state index in [0.29, 0.717) is 25.4 Å². The predicted molar refractivity (Wildman–Crippen MR) is 76.1 cm³/mol. The molecule has 2 heterocycles. The lowest BCUT2D eigenvalue weighted by Crippen LogP contribution is -2.26. The quantitative estimate of drug-likeness (QED) is 0.907. The standard InChI is InChI=1S/C15H18N4O/c16-9-12-8-15(20)18(10-12)11-13-4-1-2-5-14(13)19-7-3-6-17-19/h1-7,12H,8-11,16H2. The summed E-state index contributed by atoms with van der Waals surface area (Å²) < 4.78 is 1.83. The fourth-order valence-corrected chi connectivity index (χ4v) is 2.65. The van der Waals surface area contributed by atoms with Gasteiger partial charge in [-0.3, -0.25) is 4.79 Å². The Morgan fingerprint density at radius 2 is 2.15 bits per heavy atom. The molecule has 1 aromatic carbocycles. The van der Waals surface area contributed by atoms with Crippen LogP contribution in [0.15, 0.2) is 42.7 Å². The third kappa shape index (κ3) is 2.44. The van der Waals surface area contributed by atoms with Crippen molar-refractivity contribution in [1.29, 1.82) is 0 Å². The van der Waals surface area contributed by atoms with Crippen molar-refractivity contribution in [2.45, 2.75) is 13.0 Å². The van der Waals surface area contributed by atoms with E-state index in [1.165, 1.54) is 0 Å². The Kier molecular flexibility index (Phi) is 3.52. The Labute approximate surface area is 118 Å². The van der Waals surface area contributed by atoms with E-state index in [4.69, 9.17) is 5.73 Å². The third-order valence-electron chi connectivity index (χ3n) is 3.73. The van der Waals surface area contributed by atoms with Gasteiger partial charge in [-0.15, -0.1) is 0 Å². The fourth-order valence-electron chi connectivity index (χ4n) is 2.65. The summed E-state index contributed by atoms with van der Waals surface area (Å²) in [7, 11) is 0. The molecule has 0 aliphatic carbocycles. The average Bonchev–Trinajstić information content (AvgIpc) is 3.10. The van der Waals surface area contributed by atoms with Crippen LogP contribution in [-0.2, 0) is 11.3 Å². The summed E-state index contributed by atoms with van der Waals surface area (Å²) in [5.41, 5.74) is 7.78. The number of rotatable bonds is 4. The molecule has 1 fully saturated rings. The van der Waals surface area contributed by atoms with Crippen LogP contribution in [0.3, 0.4) is 0 Å². The number of hydrogen-bond acceptors (Lipinski definition) is 3. The van der Waals surface area contributed by atoms with Gasteiger partial charge in [0.2, 0.25) is 5.91 Å². The van der Waals surface area contributed by atoms with Gasteiger partial charge in [-0.05, 0) is 30.2 Å². The lowest BCUT2D eigenvalue weighted by molar-refractivity contribution is -0.128. The molecule has 0 spiro atoms. The maximum Gasteiger partial charge on any atom is 0.223 e. The minimum atomic E-state index is 0.190. The normalized spacial score (nSPS) is 18.8. The molecule has 5 heteroatoms. The summed E-state index contributed by atoms with van der Waals surface area (Å²) in [4.78, 5) is 13.9. The molecule has 1 aromatic heterocycles. The number of aromatic nitrogens is 2. The first-order valence-corrected chi connectivity index (χ1v) is 6.83. The van der Waals surface area contributed by atoms with Crippen molar-refractivity contribution in [3.63, 3.8) is 0 Å². The van der Waals surface area contributed by atoms with Crippen molar-refractivity contribution in [3.05, 3.63) is 48.3 Å². The van der Waals surface area contributed by atoms with Crippen LogP contribution < -0.4 is 5.73 Å². The molecule has 0 bridgehead atoms. The molecule has 2 N–H and O–H groups in total. The monoisotopic (exact) mass is 270 g/mol. The van der Waals surface area contributed by atoms with Crippen LogP contribution in [0.5, 0.6) is 0 Å². The molecule has 1 atom stereocenters. The molecule has 1 aliphatic rings. The number of likely N-dealkylation sites (tertiary alicyclic amines) is 1. The molecule has 5 nitrogen and oxygen atoms in total. The maximum atomic E-state index is 12.0. The number of benzene rings is 1. The van der Waals surface area contributed by atoms with Gasteiger partial charge < -0.3 is 10.6 Å². The highest BCUT2D eigenvalue weighted by molar-refractivity contribution is 5.78. The molecule has 1 amide bonds. The van der Waals surface area contributed by atoms with E-state index < -0.39 is 0 Å². The zero-order valence-electron chi connectivity index (χ0n) is 11.3. The summed E-state index contributed by atoms with van der Waals surface area (Å²) in [6, 6.07) is 9.92. The van der Waals surface area contributed by atoms with Gasteiger partial charge in [0.1, 0.15) is 0 Å². The number of carbonyl (C=O) groups is 1. The first-order valence-electron chi connectivity index (χ1n) is 6.83. The van der Waals surface area contributed by atoms with Gasteiger partial charge in [0, 0.05) is 31.9 Å². The van der Waals surface area contributed by atoms with Crippen molar-refractivity contribution in [1.82, 2.24) is 14.7 Å². The number of hydrogen-bond donors (Lipinski definition) is 1. The average molecular weight is 270 g/mol. The number of para-hydroxylation sites is 1. The molecule has 0 radical (unpaired) electrons. The Morgan fingerprint density at radius 1 is 1.30 bits per heavy atom. The van der Waals surface area contributed by atoms with Gasteiger partial charge in [-0.2, -0.15) is 5.10 Å². The van der Waals surface area contributed by atoms with Crippen LogP contribution in [-0.4, -0.2) is 33.7 Å². The van der Waals surface area contributed by atoms with Crippen molar-refractivity contribution in [2.24, 2.45) is 11.7 Å². The molecule has 20 heavy (non-hydrogen) atoms. The second-order valence-electron chi connectivity index (χ2n) is 5.16. The van der Waals surface area contributed by atoms with Gasteiger partial charge >= 0.3 is 0 Å². The highest BCUT2D eigenvalue weighted by atomic mass is 16.2. The fraction of sp³-hybridized carbons (Fsp3) is 0.333. The van der Waals surface area contributed by atoms with Gasteiger partial charge in [-0.1, -0.05) is 18.2 Å². The van der Waals surface area contributed by atoms with E-state index in [1.54, 1.807) is 6.20 Å². The van der Waals surface area contributed by atoms with E-state index >= 15 is 0 Å². The molecule has 0 saturated carbocycles. The molecule has 2 aromatic rings. The van der Waals surface area contributed by atoms with Crippen LogP contribution in [0, 0.1) is 5.92 Å². The lowest BCUT2D eigenvalue weighted by atomic mass is 10.1. The van der Waals surface area contributed by atoms with E-state index in [2.05, 4.69) is 5.10 Å². The first-order chi connectivity index (χ1) is 9.78. The van der Waals surface area contributed by atoms with Crippen LogP contribution in [0.1, 0.15) is 12.0 Å². The molecule has 104 valence electrons. The predicted octanol–water partition coefficient (Wildman–Crippen LogP) is 1.18. The van der Waals surface area contributed by atoms with Gasteiger partial charge in [-0.25, -0.2) is 4.68 Å². The highest BCUT2D eigenvalue weighted by Crippen LogP contribution is 2.22. The molecular formula is C15H18N4O. The number of nitrogens with two attached hydrogens (primary N) is 1. The SMILES string of the molecule is NCC1CC(=O)N(Cc2ccccc2-n2cccn2)C1. The van der Waals surface area contributed by atoms with Gasteiger partial charge in [0.05, 0.1) is 5.69 Å². The second-order valence-corrected chi connectivity index (χ2v) is 5.16.